The first kappa shape index (κ1) is 16.6. The highest BCUT2D eigenvalue weighted by Crippen LogP contribution is 2.25. The predicted molar refractivity (Wildman–Crippen MR) is 85.4 cm³/mol. The summed E-state index contributed by atoms with van der Waals surface area (Å²) in [6.07, 6.45) is 0. The summed E-state index contributed by atoms with van der Waals surface area (Å²) in [7, 11) is 0. The molecule has 24 heavy (non-hydrogen) atoms. The Kier molecular flexibility index (Phi) is 4.66. The highest BCUT2D eigenvalue weighted by Gasteiger charge is 2.33. The van der Waals surface area contributed by atoms with Gasteiger partial charge in [-0.1, -0.05) is 13.8 Å². The number of carbonyl (C=O) groups excluding carboxylic acids is 1. The molecule has 2 aromatic heterocycles. The number of rotatable bonds is 4. The van der Waals surface area contributed by atoms with E-state index >= 15 is 0 Å². The summed E-state index contributed by atoms with van der Waals surface area (Å²) in [5, 5.41) is 12.5. The minimum atomic E-state index is -0.344. The van der Waals surface area contributed by atoms with Gasteiger partial charge in [0.05, 0.1) is 18.9 Å². The van der Waals surface area contributed by atoms with Crippen LogP contribution in [0.5, 0.6) is 0 Å². The monoisotopic (exact) mass is 333 g/mol. The van der Waals surface area contributed by atoms with Gasteiger partial charge in [0.15, 0.2) is 0 Å². The normalized spacial score (nSPS) is 18.4. The molecule has 0 spiro atoms. The van der Waals surface area contributed by atoms with Crippen LogP contribution in [-0.2, 0) is 16.1 Å². The molecule has 1 aliphatic heterocycles. The molecule has 1 aliphatic rings. The number of aryl methyl sites for hydroxylation is 2. The molecule has 0 bridgehead atoms. The van der Waals surface area contributed by atoms with Crippen molar-refractivity contribution in [3.63, 3.8) is 0 Å². The second kappa shape index (κ2) is 6.72. The van der Waals surface area contributed by atoms with E-state index in [1.165, 1.54) is 0 Å². The molecule has 3 rings (SSSR count). The van der Waals surface area contributed by atoms with E-state index in [1.807, 2.05) is 33.8 Å². The molecule has 1 saturated heterocycles. The lowest BCUT2D eigenvalue weighted by molar-refractivity contribution is -0.142. The minimum Gasteiger partial charge on any atom is -0.423 e. The maximum Gasteiger partial charge on any atom is 0.245 e. The fraction of sp³-hybridized carbons (Fsp3) is 0.625. The summed E-state index contributed by atoms with van der Waals surface area (Å²) in [5.41, 5.74) is 1.86. The molecule has 1 amide bonds. The summed E-state index contributed by atoms with van der Waals surface area (Å²) in [6, 6.07) is 1.61. The number of hydrogen-bond donors (Lipinski definition) is 0. The molecule has 0 N–H and O–H groups in total. The van der Waals surface area contributed by atoms with E-state index in [0.29, 0.717) is 31.5 Å². The molecule has 1 atom stereocenters. The molecule has 130 valence electrons. The molecule has 1 fully saturated rings. The molecule has 0 unspecified atom stereocenters. The topological polar surface area (TPSA) is 86.3 Å². The number of morpholine rings is 1. The standard InChI is InChI=1S/C16H23N5O3/c1-10(2)15-17-18-16(24-15)13-9-23-6-5-20(13)14(22)8-21-12(4)7-11(3)19-21/h7,10,13H,5-6,8-9H2,1-4H3/t13-/m0/s1. The summed E-state index contributed by atoms with van der Waals surface area (Å²) < 4.78 is 13.0. The lowest BCUT2D eigenvalue weighted by Gasteiger charge is -2.33. The first-order valence-electron chi connectivity index (χ1n) is 8.17. The van der Waals surface area contributed by atoms with Gasteiger partial charge in [-0.25, -0.2) is 0 Å². The van der Waals surface area contributed by atoms with Crippen molar-refractivity contribution >= 4 is 5.91 Å². The third-order valence-corrected chi connectivity index (χ3v) is 4.07. The summed E-state index contributed by atoms with van der Waals surface area (Å²) in [6.45, 7) is 9.39. The van der Waals surface area contributed by atoms with Crippen molar-refractivity contribution in [3.05, 3.63) is 29.2 Å². The Hall–Kier alpha value is -2.22. The zero-order valence-electron chi connectivity index (χ0n) is 14.5. The van der Waals surface area contributed by atoms with E-state index in [-0.39, 0.29) is 24.4 Å². The number of carbonyl (C=O) groups is 1. The molecule has 8 nitrogen and oxygen atoms in total. The zero-order chi connectivity index (χ0) is 17.3. The molecule has 0 aliphatic carbocycles. The van der Waals surface area contributed by atoms with Gasteiger partial charge in [0, 0.05) is 18.2 Å². The third-order valence-electron chi connectivity index (χ3n) is 4.07. The van der Waals surface area contributed by atoms with Crippen LogP contribution in [-0.4, -0.2) is 50.5 Å². The van der Waals surface area contributed by atoms with Crippen molar-refractivity contribution in [2.24, 2.45) is 0 Å². The molecule has 0 radical (unpaired) electrons. The second-order valence-electron chi connectivity index (χ2n) is 6.40. The van der Waals surface area contributed by atoms with Crippen LogP contribution in [0.4, 0.5) is 0 Å². The Labute approximate surface area is 140 Å². The van der Waals surface area contributed by atoms with Gasteiger partial charge < -0.3 is 14.1 Å². The molecule has 8 heteroatoms. The van der Waals surface area contributed by atoms with Gasteiger partial charge in [0.25, 0.3) is 0 Å². The summed E-state index contributed by atoms with van der Waals surface area (Å²) in [5.74, 6) is 1.12. The number of amides is 1. The van der Waals surface area contributed by atoms with Gasteiger partial charge in [-0.2, -0.15) is 5.10 Å². The van der Waals surface area contributed by atoms with Crippen LogP contribution in [0, 0.1) is 13.8 Å². The Bertz CT molecular complexity index is 721. The van der Waals surface area contributed by atoms with Crippen LogP contribution in [0.1, 0.15) is 49.0 Å². The van der Waals surface area contributed by atoms with E-state index in [0.717, 1.165) is 11.4 Å². The maximum absolute atomic E-state index is 12.8. The lowest BCUT2D eigenvalue weighted by Crippen LogP contribution is -2.45. The molecule has 0 aromatic carbocycles. The van der Waals surface area contributed by atoms with Gasteiger partial charge in [-0.15, -0.1) is 10.2 Å². The van der Waals surface area contributed by atoms with Crippen molar-refractivity contribution < 1.29 is 13.9 Å². The Balaban J connectivity index is 1.78. The summed E-state index contributed by atoms with van der Waals surface area (Å²) >= 11 is 0. The van der Waals surface area contributed by atoms with Gasteiger partial charge in [-0.05, 0) is 19.9 Å². The van der Waals surface area contributed by atoms with Crippen LogP contribution < -0.4 is 0 Å². The minimum absolute atomic E-state index is 0.0289. The van der Waals surface area contributed by atoms with Gasteiger partial charge in [0.1, 0.15) is 12.6 Å². The number of aromatic nitrogens is 4. The van der Waals surface area contributed by atoms with Crippen molar-refractivity contribution in [1.82, 2.24) is 24.9 Å². The molecule has 2 aromatic rings. The van der Waals surface area contributed by atoms with Crippen molar-refractivity contribution in [1.29, 1.82) is 0 Å². The van der Waals surface area contributed by atoms with Gasteiger partial charge in [-0.3, -0.25) is 9.48 Å². The first-order chi connectivity index (χ1) is 11.5. The average molecular weight is 333 g/mol. The van der Waals surface area contributed by atoms with Gasteiger partial charge >= 0.3 is 0 Å². The Morgan fingerprint density at radius 2 is 2.17 bits per heavy atom. The van der Waals surface area contributed by atoms with Crippen LogP contribution in [0.3, 0.4) is 0 Å². The maximum atomic E-state index is 12.8. The lowest BCUT2D eigenvalue weighted by atomic mass is 10.2. The highest BCUT2D eigenvalue weighted by atomic mass is 16.5. The van der Waals surface area contributed by atoms with E-state index in [4.69, 9.17) is 9.15 Å². The SMILES string of the molecule is Cc1cc(C)n(CC(=O)N2CCOC[C@H]2c2nnc(C(C)C)o2)n1. The predicted octanol–water partition coefficient (Wildman–Crippen LogP) is 1.61. The molecule has 3 heterocycles. The van der Waals surface area contributed by atoms with E-state index in [9.17, 15) is 4.79 Å². The molecular weight excluding hydrogens is 310 g/mol. The molecular formula is C16H23N5O3. The number of ether oxygens (including phenoxy) is 1. The van der Waals surface area contributed by atoms with E-state index < -0.39 is 0 Å². The first-order valence-corrected chi connectivity index (χ1v) is 8.17. The van der Waals surface area contributed by atoms with E-state index in [2.05, 4.69) is 15.3 Å². The molecule has 0 saturated carbocycles. The summed E-state index contributed by atoms with van der Waals surface area (Å²) in [4.78, 5) is 14.5. The van der Waals surface area contributed by atoms with Crippen molar-refractivity contribution in [3.8, 4) is 0 Å². The zero-order valence-corrected chi connectivity index (χ0v) is 14.5. The third kappa shape index (κ3) is 3.33. The number of hydrogen-bond acceptors (Lipinski definition) is 6. The smallest absolute Gasteiger partial charge is 0.245 e. The van der Waals surface area contributed by atoms with Crippen LogP contribution in [0.15, 0.2) is 10.5 Å². The Morgan fingerprint density at radius 3 is 2.79 bits per heavy atom. The number of nitrogens with zero attached hydrogens (tertiary/aromatic N) is 5. The second-order valence-corrected chi connectivity index (χ2v) is 6.40. The van der Waals surface area contributed by atoms with Crippen LogP contribution in [0.25, 0.3) is 0 Å². The fourth-order valence-electron chi connectivity index (χ4n) is 2.78. The average Bonchev–Trinajstić information content (AvgIpc) is 3.14. The van der Waals surface area contributed by atoms with Crippen LogP contribution >= 0.6 is 0 Å². The quantitative estimate of drug-likeness (QED) is 0.845. The fourth-order valence-corrected chi connectivity index (χ4v) is 2.78. The van der Waals surface area contributed by atoms with Crippen molar-refractivity contribution in [2.45, 2.75) is 46.2 Å². The van der Waals surface area contributed by atoms with Gasteiger partial charge in [0.2, 0.25) is 17.7 Å². The highest BCUT2D eigenvalue weighted by molar-refractivity contribution is 5.76. The Morgan fingerprint density at radius 1 is 1.38 bits per heavy atom. The van der Waals surface area contributed by atoms with E-state index in [1.54, 1.807) is 9.58 Å². The largest absolute Gasteiger partial charge is 0.423 e. The van der Waals surface area contributed by atoms with Crippen molar-refractivity contribution in [2.75, 3.05) is 19.8 Å². The van der Waals surface area contributed by atoms with Crippen LogP contribution in [0.2, 0.25) is 0 Å².